The Hall–Kier alpha value is -7.62. The average molecular weight is 768 g/mol. The Morgan fingerprint density at radius 3 is 1.75 bits per heavy atom. The van der Waals surface area contributed by atoms with E-state index in [4.69, 9.17) is 8.83 Å². The molecule has 1 aliphatic carbocycles. The van der Waals surface area contributed by atoms with Crippen molar-refractivity contribution in [2.24, 2.45) is 0 Å². The lowest BCUT2D eigenvalue weighted by atomic mass is 9.82. The highest BCUT2D eigenvalue weighted by atomic mass is 16.3. The molecule has 2 heterocycles. The molecule has 0 saturated heterocycles. The number of nitrogens with zero attached hydrogens (tertiary/aromatic N) is 1. The second kappa shape index (κ2) is 12.2. The van der Waals surface area contributed by atoms with Crippen LogP contribution in [0.1, 0.15) is 25.0 Å². The minimum atomic E-state index is -0.167. The molecule has 60 heavy (non-hydrogen) atoms. The van der Waals surface area contributed by atoms with Gasteiger partial charge in [0.2, 0.25) is 0 Å². The van der Waals surface area contributed by atoms with E-state index < -0.39 is 0 Å². The molecule has 0 radical (unpaired) electrons. The Kier molecular flexibility index (Phi) is 6.78. The number of anilines is 3. The quantitative estimate of drug-likeness (QED) is 0.167. The van der Waals surface area contributed by atoms with Crippen molar-refractivity contribution in [1.29, 1.82) is 0 Å². The van der Waals surface area contributed by atoms with Crippen LogP contribution < -0.4 is 4.90 Å². The average Bonchev–Trinajstić information content (AvgIpc) is 3.94. The summed E-state index contributed by atoms with van der Waals surface area (Å²) in [7, 11) is 0. The maximum atomic E-state index is 6.82. The van der Waals surface area contributed by atoms with Crippen LogP contribution in [0.4, 0.5) is 17.1 Å². The predicted octanol–water partition coefficient (Wildman–Crippen LogP) is 16.4. The zero-order valence-electron chi connectivity index (χ0n) is 33.2. The van der Waals surface area contributed by atoms with Crippen LogP contribution in [-0.4, -0.2) is 0 Å². The summed E-state index contributed by atoms with van der Waals surface area (Å²) in [5, 5.41) is 11.8. The summed E-state index contributed by atoms with van der Waals surface area (Å²) in [5.74, 6) is 0. The molecule has 0 saturated carbocycles. The van der Waals surface area contributed by atoms with Gasteiger partial charge in [-0.25, -0.2) is 0 Å². The van der Waals surface area contributed by atoms with Crippen LogP contribution in [0.5, 0.6) is 0 Å². The molecule has 0 fully saturated rings. The molecule has 0 aliphatic heterocycles. The minimum Gasteiger partial charge on any atom is -0.456 e. The van der Waals surface area contributed by atoms with Crippen molar-refractivity contribution in [2.75, 3.05) is 4.90 Å². The smallest absolute Gasteiger partial charge is 0.159 e. The molecular formula is C57H37NO2. The van der Waals surface area contributed by atoms with Crippen molar-refractivity contribution in [3.63, 3.8) is 0 Å². The summed E-state index contributed by atoms with van der Waals surface area (Å²) >= 11 is 0. The first-order valence-electron chi connectivity index (χ1n) is 20.8. The molecule has 0 spiro atoms. The second-order valence-corrected chi connectivity index (χ2v) is 16.7. The van der Waals surface area contributed by atoms with Crippen molar-refractivity contribution >= 4 is 93.3 Å². The molecule has 10 aromatic carbocycles. The number of para-hydroxylation sites is 4. The van der Waals surface area contributed by atoms with Gasteiger partial charge >= 0.3 is 0 Å². The molecule has 0 atom stereocenters. The lowest BCUT2D eigenvalue weighted by Gasteiger charge is -2.30. The number of hydrogen-bond donors (Lipinski definition) is 0. The fraction of sp³-hybridized carbons (Fsp3) is 0.0526. The fourth-order valence-electron chi connectivity index (χ4n) is 10.6. The lowest BCUT2D eigenvalue weighted by Crippen LogP contribution is -2.17. The van der Waals surface area contributed by atoms with E-state index >= 15 is 0 Å². The first-order valence-corrected chi connectivity index (χ1v) is 20.8. The lowest BCUT2D eigenvalue weighted by molar-refractivity contribution is 0.660. The molecule has 3 heteroatoms. The van der Waals surface area contributed by atoms with E-state index in [0.717, 1.165) is 61.1 Å². The van der Waals surface area contributed by atoms with Crippen LogP contribution in [0.3, 0.4) is 0 Å². The molecule has 282 valence electrons. The molecule has 12 aromatic rings. The third kappa shape index (κ3) is 4.49. The predicted molar refractivity (Wildman–Crippen MR) is 251 cm³/mol. The minimum absolute atomic E-state index is 0.167. The van der Waals surface area contributed by atoms with E-state index in [2.05, 4.69) is 195 Å². The maximum absolute atomic E-state index is 6.82. The molecule has 0 bridgehead atoms. The summed E-state index contributed by atoms with van der Waals surface area (Å²) in [6.45, 7) is 4.71. The monoisotopic (exact) mass is 767 g/mol. The van der Waals surface area contributed by atoms with Crippen LogP contribution in [0, 0.1) is 0 Å². The van der Waals surface area contributed by atoms with Gasteiger partial charge in [0.1, 0.15) is 16.7 Å². The Morgan fingerprint density at radius 2 is 0.917 bits per heavy atom. The topological polar surface area (TPSA) is 29.5 Å². The SMILES string of the molecule is CC1(C)c2ccccc2-c2ccc(N(c3ccccc3-c3cccc4c5ccc6oc7ccccc7c6c5c5ccccc5c34)c3cccc4c3oc3ccccc34)cc21. The van der Waals surface area contributed by atoms with Crippen molar-refractivity contribution < 1.29 is 8.83 Å². The molecule has 3 nitrogen and oxygen atoms in total. The Bertz CT molecular complexity index is 3740. The van der Waals surface area contributed by atoms with Gasteiger partial charge in [0.25, 0.3) is 0 Å². The Balaban J connectivity index is 1.12. The highest BCUT2D eigenvalue weighted by Gasteiger charge is 2.36. The third-order valence-corrected chi connectivity index (χ3v) is 13.2. The first-order chi connectivity index (χ1) is 29.5. The van der Waals surface area contributed by atoms with E-state index in [1.165, 1.54) is 65.5 Å². The third-order valence-electron chi connectivity index (χ3n) is 13.2. The number of rotatable bonds is 4. The van der Waals surface area contributed by atoms with Crippen LogP contribution in [-0.2, 0) is 5.41 Å². The zero-order chi connectivity index (χ0) is 39.7. The van der Waals surface area contributed by atoms with E-state index in [-0.39, 0.29) is 5.41 Å². The van der Waals surface area contributed by atoms with Crippen LogP contribution in [0.15, 0.2) is 197 Å². The number of hydrogen-bond acceptors (Lipinski definition) is 3. The molecule has 2 aromatic heterocycles. The van der Waals surface area contributed by atoms with E-state index in [0.29, 0.717) is 0 Å². The normalized spacial score (nSPS) is 13.3. The van der Waals surface area contributed by atoms with Gasteiger partial charge in [0, 0.05) is 43.6 Å². The molecule has 0 unspecified atom stereocenters. The van der Waals surface area contributed by atoms with Gasteiger partial charge in [-0.1, -0.05) is 153 Å². The van der Waals surface area contributed by atoms with Crippen molar-refractivity contribution in [3.05, 3.63) is 199 Å². The fourth-order valence-corrected chi connectivity index (χ4v) is 10.6. The van der Waals surface area contributed by atoms with Crippen molar-refractivity contribution in [1.82, 2.24) is 0 Å². The van der Waals surface area contributed by atoms with Gasteiger partial charge in [-0.05, 0) is 103 Å². The standard InChI is InChI=1S/C57H37NO2/c1-57(2)46-24-9-5-15-35(46)36-30-29-34(33-47(36)57)58(49-26-14-23-44-38-17-7-11-27-50(38)60-56(44)49)48-25-10-6-16-37(48)39-21-13-22-41-43-31-32-52-55(45-20-8-12-28-51(45)59-52)54(43)42-19-4-3-18-40(42)53(39)41/h3-33H,1-2H3. The van der Waals surface area contributed by atoms with E-state index in [1.54, 1.807) is 0 Å². The summed E-state index contributed by atoms with van der Waals surface area (Å²) in [6.07, 6.45) is 0. The van der Waals surface area contributed by atoms with Gasteiger partial charge in [0.15, 0.2) is 5.58 Å². The molecule has 1 aliphatic rings. The Labute approximate surface area is 346 Å². The van der Waals surface area contributed by atoms with Gasteiger partial charge < -0.3 is 13.7 Å². The van der Waals surface area contributed by atoms with Gasteiger partial charge in [-0.15, -0.1) is 0 Å². The van der Waals surface area contributed by atoms with Crippen molar-refractivity contribution in [3.8, 4) is 22.3 Å². The van der Waals surface area contributed by atoms with Crippen molar-refractivity contribution in [2.45, 2.75) is 19.3 Å². The largest absolute Gasteiger partial charge is 0.456 e. The van der Waals surface area contributed by atoms with Gasteiger partial charge in [0.05, 0.1) is 11.4 Å². The number of furan rings is 2. The Morgan fingerprint density at radius 1 is 0.350 bits per heavy atom. The summed E-state index contributed by atoms with van der Waals surface area (Å²) in [6, 6.07) is 68.2. The van der Waals surface area contributed by atoms with Gasteiger partial charge in [-0.2, -0.15) is 0 Å². The highest BCUT2D eigenvalue weighted by molar-refractivity contribution is 6.36. The maximum Gasteiger partial charge on any atom is 0.159 e. The summed E-state index contributed by atoms with van der Waals surface area (Å²) < 4.78 is 13.3. The number of fused-ring (bicyclic) bond motifs is 16. The van der Waals surface area contributed by atoms with E-state index in [1.807, 2.05) is 12.1 Å². The second-order valence-electron chi connectivity index (χ2n) is 16.7. The van der Waals surface area contributed by atoms with Crippen LogP contribution in [0.25, 0.3) is 98.4 Å². The molecule has 13 rings (SSSR count). The van der Waals surface area contributed by atoms with Gasteiger partial charge in [-0.3, -0.25) is 0 Å². The van der Waals surface area contributed by atoms with Crippen LogP contribution >= 0.6 is 0 Å². The summed E-state index contributed by atoms with van der Waals surface area (Å²) in [4.78, 5) is 2.43. The zero-order valence-corrected chi connectivity index (χ0v) is 33.2. The molecule has 0 amide bonds. The molecule has 0 N–H and O–H groups in total. The molecular weight excluding hydrogens is 731 g/mol. The van der Waals surface area contributed by atoms with E-state index in [9.17, 15) is 0 Å². The summed E-state index contributed by atoms with van der Waals surface area (Å²) in [5.41, 5.74) is 14.1. The van der Waals surface area contributed by atoms with Crippen LogP contribution in [0.2, 0.25) is 0 Å². The highest BCUT2D eigenvalue weighted by Crippen LogP contribution is 2.53. The first kappa shape index (κ1) is 33.4. The number of benzene rings is 10.